The molecule has 1 aromatic rings. The summed E-state index contributed by atoms with van der Waals surface area (Å²) in [6, 6.07) is 0. The number of nitrogens with zero attached hydrogens (tertiary/aromatic N) is 3. The first-order chi connectivity index (χ1) is 8.41. The Kier molecular flexibility index (Phi) is 5.81. The molecule has 5 nitrogen and oxygen atoms in total. The zero-order valence-electron chi connectivity index (χ0n) is 11.5. The lowest BCUT2D eigenvalue weighted by Gasteiger charge is -2.10. The van der Waals surface area contributed by atoms with Gasteiger partial charge in [0.2, 0.25) is 5.91 Å². The molecule has 1 N–H and O–H groups in total. The van der Waals surface area contributed by atoms with Gasteiger partial charge in [-0.15, -0.1) is 0 Å². The van der Waals surface area contributed by atoms with Crippen LogP contribution in [0.1, 0.15) is 17.8 Å². The average molecular weight is 317 g/mol. The average Bonchev–Trinajstić information content (AvgIpc) is 2.54. The monoisotopic (exact) mass is 316 g/mol. The minimum atomic E-state index is 0.0699. The van der Waals surface area contributed by atoms with Crippen LogP contribution >= 0.6 is 15.9 Å². The van der Waals surface area contributed by atoms with Crippen LogP contribution in [0.3, 0.4) is 0 Å². The Morgan fingerprint density at radius 3 is 2.61 bits per heavy atom. The first kappa shape index (κ1) is 15.2. The maximum atomic E-state index is 11.6. The Labute approximate surface area is 117 Å². The zero-order chi connectivity index (χ0) is 13.7. The standard InChI is InChI=1S/C12H21BrN4O/c1-9-12(13)10(2)17(15-9)7-5-11(18)14-6-8-16(3)4/h5-8H2,1-4H3,(H,14,18). The number of carbonyl (C=O) groups excluding carboxylic acids is 1. The fourth-order valence-corrected chi connectivity index (χ4v) is 1.89. The molecule has 0 aliphatic rings. The maximum Gasteiger partial charge on any atom is 0.221 e. The van der Waals surface area contributed by atoms with Gasteiger partial charge in [-0.25, -0.2) is 0 Å². The van der Waals surface area contributed by atoms with Crippen molar-refractivity contribution < 1.29 is 4.79 Å². The lowest BCUT2D eigenvalue weighted by molar-refractivity contribution is -0.121. The Hall–Kier alpha value is -0.880. The fourth-order valence-electron chi connectivity index (χ4n) is 1.61. The number of likely N-dealkylation sites (N-methyl/N-ethyl adjacent to an activating group) is 1. The normalized spacial score (nSPS) is 11.0. The van der Waals surface area contributed by atoms with E-state index in [9.17, 15) is 4.79 Å². The molecule has 102 valence electrons. The van der Waals surface area contributed by atoms with Crippen molar-refractivity contribution in [1.29, 1.82) is 0 Å². The summed E-state index contributed by atoms with van der Waals surface area (Å²) in [4.78, 5) is 13.7. The van der Waals surface area contributed by atoms with Gasteiger partial charge in [-0.1, -0.05) is 0 Å². The molecule has 0 fully saturated rings. The highest BCUT2D eigenvalue weighted by Crippen LogP contribution is 2.19. The van der Waals surface area contributed by atoms with Crippen LogP contribution < -0.4 is 5.32 Å². The Morgan fingerprint density at radius 2 is 2.11 bits per heavy atom. The molecular weight excluding hydrogens is 296 g/mol. The molecule has 1 aromatic heterocycles. The predicted molar refractivity (Wildman–Crippen MR) is 75.6 cm³/mol. The number of halogens is 1. The molecule has 0 atom stereocenters. The van der Waals surface area contributed by atoms with Crippen molar-refractivity contribution in [2.75, 3.05) is 27.2 Å². The molecule has 0 bridgehead atoms. The summed E-state index contributed by atoms with van der Waals surface area (Å²) in [5, 5.41) is 7.26. The molecule has 6 heteroatoms. The maximum absolute atomic E-state index is 11.6. The summed E-state index contributed by atoms with van der Waals surface area (Å²) in [5.74, 6) is 0.0699. The molecule has 0 radical (unpaired) electrons. The van der Waals surface area contributed by atoms with Crippen LogP contribution in [0.5, 0.6) is 0 Å². The van der Waals surface area contributed by atoms with Gasteiger partial charge in [-0.3, -0.25) is 9.48 Å². The van der Waals surface area contributed by atoms with Crippen LogP contribution in [0.25, 0.3) is 0 Å². The van der Waals surface area contributed by atoms with Crippen molar-refractivity contribution in [3.8, 4) is 0 Å². The van der Waals surface area contributed by atoms with E-state index in [1.165, 1.54) is 0 Å². The third-order valence-corrected chi connectivity index (χ3v) is 3.87. The van der Waals surface area contributed by atoms with E-state index >= 15 is 0 Å². The van der Waals surface area contributed by atoms with E-state index < -0.39 is 0 Å². The molecular formula is C12H21BrN4O. The molecule has 0 saturated heterocycles. The Bertz CT molecular complexity index is 414. The van der Waals surface area contributed by atoms with Crippen molar-refractivity contribution in [2.24, 2.45) is 0 Å². The van der Waals surface area contributed by atoms with Crippen LogP contribution in [0.2, 0.25) is 0 Å². The number of carbonyl (C=O) groups is 1. The summed E-state index contributed by atoms with van der Waals surface area (Å²) in [7, 11) is 3.97. The molecule has 1 heterocycles. The van der Waals surface area contributed by atoms with Crippen LogP contribution in [0, 0.1) is 13.8 Å². The second kappa shape index (κ2) is 6.89. The minimum Gasteiger partial charge on any atom is -0.355 e. The van der Waals surface area contributed by atoms with Gasteiger partial charge >= 0.3 is 0 Å². The SMILES string of the molecule is Cc1nn(CCC(=O)NCCN(C)C)c(C)c1Br. The highest BCUT2D eigenvalue weighted by Gasteiger charge is 2.09. The van der Waals surface area contributed by atoms with E-state index in [4.69, 9.17) is 0 Å². The van der Waals surface area contributed by atoms with Gasteiger partial charge in [0.05, 0.1) is 16.7 Å². The summed E-state index contributed by atoms with van der Waals surface area (Å²) >= 11 is 3.48. The lowest BCUT2D eigenvalue weighted by atomic mass is 10.3. The molecule has 0 unspecified atom stereocenters. The number of nitrogens with one attached hydrogen (secondary N) is 1. The van der Waals surface area contributed by atoms with Crippen molar-refractivity contribution in [2.45, 2.75) is 26.8 Å². The molecule has 1 rings (SSSR count). The van der Waals surface area contributed by atoms with Crippen LogP contribution in [-0.4, -0.2) is 47.8 Å². The third kappa shape index (κ3) is 4.42. The molecule has 18 heavy (non-hydrogen) atoms. The van der Waals surface area contributed by atoms with Gasteiger partial charge in [0.25, 0.3) is 0 Å². The molecule has 0 saturated carbocycles. The van der Waals surface area contributed by atoms with Crippen molar-refractivity contribution >= 4 is 21.8 Å². The predicted octanol–water partition coefficient (Wildman–Crippen LogP) is 1.33. The van der Waals surface area contributed by atoms with E-state index in [-0.39, 0.29) is 5.91 Å². The summed E-state index contributed by atoms with van der Waals surface area (Å²) in [6.07, 6.45) is 0.460. The quantitative estimate of drug-likeness (QED) is 0.861. The topological polar surface area (TPSA) is 50.2 Å². The van der Waals surface area contributed by atoms with Crippen molar-refractivity contribution in [1.82, 2.24) is 20.0 Å². The zero-order valence-corrected chi connectivity index (χ0v) is 13.0. The Morgan fingerprint density at radius 1 is 1.44 bits per heavy atom. The van der Waals surface area contributed by atoms with Gasteiger partial charge in [-0.2, -0.15) is 5.10 Å². The number of hydrogen-bond acceptors (Lipinski definition) is 3. The van der Waals surface area contributed by atoms with Gasteiger partial charge in [0, 0.05) is 25.2 Å². The van der Waals surface area contributed by atoms with Gasteiger partial charge in [0.1, 0.15) is 0 Å². The largest absolute Gasteiger partial charge is 0.355 e. The van der Waals surface area contributed by atoms with E-state index in [1.807, 2.05) is 37.5 Å². The highest BCUT2D eigenvalue weighted by molar-refractivity contribution is 9.10. The minimum absolute atomic E-state index is 0.0699. The molecule has 0 aliphatic carbocycles. The smallest absolute Gasteiger partial charge is 0.221 e. The summed E-state index contributed by atoms with van der Waals surface area (Å²) in [6.45, 7) is 6.11. The highest BCUT2D eigenvalue weighted by atomic mass is 79.9. The molecule has 0 aromatic carbocycles. The summed E-state index contributed by atoms with van der Waals surface area (Å²) < 4.78 is 2.89. The number of amides is 1. The summed E-state index contributed by atoms with van der Waals surface area (Å²) in [5.41, 5.74) is 2.02. The molecule has 0 aliphatic heterocycles. The van der Waals surface area contributed by atoms with Crippen LogP contribution in [0.15, 0.2) is 4.47 Å². The van der Waals surface area contributed by atoms with E-state index in [1.54, 1.807) is 0 Å². The first-order valence-electron chi connectivity index (χ1n) is 6.02. The van der Waals surface area contributed by atoms with E-state index in [0.717, 1.165) is 22.4 Å². The third-order valence-electron chi connectivity index (χ3n) is 2.73. The van der Waals surface area contributed by atoms with Gasteiger partial charge in [0.15, 0.2) is 0 Å². The van der Waals surface area contributed by atoms with Crippen molar-refractivity contribution in [3.63, 3.8) is 0 Å². The van der Waals surface area contributed by atoms with Crippen LogP contribution in [0.4, 0.5) is 0 Å². The molecule has 1 amide bonds. The number of aryl methyl sites for hydroxylation is 2. The van der Waals surface area contributed by atoms with E-state index in [2.05, 4.69) is 26.3 Å². The molecule has 0 spiro atoms. The fraction of sp³-hybridized carbons (Fsp3) is 0.667. The van der Waals surface area contributed by atoms with E-state index in [0.29, 0.717) is 19.5 Å². The number of rotatable bonds is 6. The van der Waals surface area contributed by atoms with Crippen molar-refractivity contribution in [3.05, 3.63) is 15.9 Å². The number of aromatic nitrogens is 2. The second-order valence-corrected chi connectivity index (χ2v) is 5.40. The van der Waals surface area contributed by atoms with Crippen LogP contribution in [-0.2, 0) is 11.3 Å². The Balaban J connectivity index is 2.36. The number of hydrogen-bond donors (Lipinski definition) is 1. The second-order valence-electron chi connectivity index (χ2n) is 4.61. The lowest BCUT2D eigenvalue weighted by Crippen LogP contribution is -2.31. The van der Waals surface area contributed by atoms with Gasteiger partial charge in [-0.05, 0) is 43.9 Å². The van der Waals surface area contributed by atoms with Gasteiger partial charge < -0.3 is 10.2 Å². The first-order valence-corrected chi connectivity index (χ1v) is 6.82.